The first-order valence-corrected chi connectivity index (χ1v) is 8.25. The maximum atomic E-state index is 12.5. The van der Waals surface area contributed by atoms with E-state index in [2.05, 4.69) is 11.4 Å². The van der Waals surface area contributed by atoms with Crippen LogP contribution in [0.25, 0.3) is 0 Å². The van der Waals surface area contributed by atoms with Crippen LogP contribution in [0.3, 0.4) is 0 Å². The summed E-state index contributed by atoms with van der Waals surface area (Å²) in [5.74, 6) is -0.303. The maximum absolute atomic E-state index is 12.5. The van der Waals surface area contributed by atoms with Crippen molar-refractivity contribution in [3.05, 3.63) is 29.8 Å². The monoisotopic (exact) mass is 340 g/mol. The molecular weight excluding hydrogens is 320 g/mol. The number of rotatable bonds is 3. The maximum Gasteiger partial charge on any atom is 0.241 e. The molecule has 0 radical (unpaired) electrons. The molecule has 2 aliphatic rings. The van der Waals surface area contributed by atoms with Crippen molar-refractivity contribution in [3.63, 3.8) is 0 Å². The summed E-state index contributed by atoms with van der Waals surface area (Å²) in [7, 11) is 0. The Morgan fingerprint density at radius 1 is 1.28 bits per heavy atom. The Balaban J connectivity index is 1.66. The van der Waals surface area contributed by atoms with Crippen LogP contribution >= 0.6 is 0 Å². The lowest BCUT2D eigenvalue weighted by atomic mass is 9.86. The van der Waals surface area contributed by atoms with Gasteiger partial charge in [0.2, 0.25) is 17.7 Å². The lowest BCUT2D eigenvalue weighted by Gasteiger charge is -2.24. The highest BCUT2D eigenvalue weighted by molar-refractivity contribution is 5.96. The predicted octanol–water partition coefficient (Wildman–Crippen LogP) is 0.650. The van der Waals surface area contributed by atoms with E-state index in [1.54, 1.807) is 34.1 Å². The first kappa shape index (κ1) is 17.0. The standard InChI is InChI=1S/C18H20N4O3/c1-13(23)20-10-17(25)21-7-6-18(11-21)8-16(24)22(12-18)15-4-2-14(9-19)3-5-15/h2-5H,6-8,10-12H2,1H3,(H,20,23). The topological polar surface area (TPSA) is 93.5 Å². The number of carbonyl (C=O) groups excluding carboxylic acids is 3. The molecule has 130 valence electrons. The summed E-state index contributed by atoms with van der Waals surface area (Å²) in [5, 5.41) is 11.4. The molecule has 1 N–H and O–H groups in total. The molecule has 0 bridgehead atoms. The number of nitrogens with one attached hydrogen (secondary N) is 1. The van der Waals surface area contributed by atoms with Gasteiger partial charge in [-0.3, -0.25) is 14.4 Å². The largest absolute Gasteiger partial charge is 0.347 e. The van der Waals surface area contributed by atoms with Gasteiger partial charge in [-0.2, -0.15) is 5.26 Å². The fraction of sp³-hybridized carbons (Fsp3) is 0.444. The van der Waals surface area contributed by atoms with Crippen LogP contribution in [0.5, 0.6) is 0 Å². The molecule has 7 nitrogen and oxygen atoms in total. The zero-order chi connectivity index (χ0) is 18.0. The van der Waals surface area contributed by atoms with Crippen LogP contribution in [0.4, 0.5) is 5.69 Å². The minimum Gasteiger partial charge on any atom is -0.347 e. The third-order valence-electron chi connectivity index (χ3n) is 4.91. The quantitative estimate of drug-likeness (QED) is 0.874. The van der Waals surface area contributed by atoms with Gasteiger partial charge in [0, 0.05) is 44.1 Å². The van der Waals surface area contributed by atoms with Gasteiger partial charge in [-0.25, -0.2) is 0 Å². The lowest BCUT2D eigenvalue weighted by molar-refractivity contribution is -0.132. The van der Waals surface area contributed by atoms with E-state index in [-0.39, 0.29) is 29.7 Å². The molecule has 3 amide bonds. The van der Waals surface area contributed by atoms with Crippen LogP contribution in [0.15, 0.2) is 24.3 Å². The second-order valence-corrected chi connectivity index (χ2v) is 6.79. The Morgan fingerprint density at radius 2 is 2.00 bits per heavy atom. The second kappa shape index (κ2) is 6.55. The number of carbonyl (C=O) groups is 3. The fourth-order valence-electron chi connectivity index (χ4n) is 3.58. The van der Waals surface area contributed by atoms with Crippen molar-refractivity contribution in [1.29, 1.82) is 5.26 Å². The molecule has 1 aromatic carbocycles. The number of likely N-dealkylation sites (tertiary alicyclic amines) is 1. The smallest absolute Gasteiger partial charge is 0.241 e. The van der Waals surface area contributed by atoms with Gasteiger partial charge in [-0.1, -0.05) is 0 Å². The molecule has 1 aromatic rings. The molecule has 2 saturated heterocycles. The normalized spacial score (nSPS) is 22.3. The summed E-state index contributed by atoms with van der Waals surface area (Å²) < 4.78 is 0. The van der Waals surface area contributed by atoms with Crippen molar-refractivity contribution >= 4 is 23.4 Å². The molecule has 2 aliphatic heterocycles. The summed E-state index contributed by atoms with van der Waals surface area (Å²) in [6.45, 7) is 3.08. The summed E-state index contributed by atoms with van der Waals surface area (Å²) in [6.07, 6.45) is 1.19. The Labute approximate surface area is 146 Å². The minimum absolute atomic E-state index is 0.00129. The molecule has 1 unspecified atom stereocenters. The van der Waals surface area contributed by atoms with Crippen LogP contribution in [0.1, 0.15) is 25.3 Å². The van der Waals surface area contributed by atoms with Gasteiger partial charge in [-0.05, 0) is 30.7 Å². The van der Waals surface area contributed by atoms with Crippen molar-refractivity contribution in [3.8, 4) is 6.07 Å². The van der Waals surface area contributed by atoms with Gasteiger partial charge in [-0.15, -0.1) is 0 Å². The highest BCUT2D eigenvalue weighted by atomic mass is 16.2. The molecule has 0 aromatic heterocycles. The van der Waals surface area contributed by atoms with Crippen molar-refractivity contribution in [1.82, 2.24) is 10.2 Å². The van der Waals surface area contributed by atoms with E-state index in [9.17, 15) is 14.4 Å². The average molecular weight is 340 g/mol. The fourth-order valence-corrected chi connectivity index (χ4v) is 3.58. The van der Waals surface area contributed by atoms with E-state index in [0.717, 1.165) is 12.1 Å². The second-order valence-electron chi connectivity index (χ2n) is 6.79. The Hall–Kier alpha value is -2.88. The molecule has 1 atom stereocenters. The van der Waals surface area contributed by atoms with E-state index in [1.807, 2.05) is 0 Å². The van der Waals surface area contributed by atoms with Gasteiger partial charge in [0.15, 0.2) is 0 Å². The van der Waals surface area contributed by atoms with Crippen LogP contribution < -0.4 is 10.2 Å². The number of benzene rings is 1. The molecule has 25 heavy (non-hydrogen) atoms. The minimum atomic E-state index is -0.231. The number of hydrogen-bond donors (Lipinski definition) is 1. The SMILES string of the molecule is CC(=O)NCC(=O)N1CCC2(CC(=O)N(c3ccc(C#N)cc3)C2)C1. The number of nitrogens with zero attached hydrogens (tertiary/aromatic N) is 3. The Kier molecular flexibility index (Phi) is 4.45. The lowest BCUT2D eigenvalue weighted by Crippen LogP contribution is -2.40. The molecule has 2 fully saturated rings. The zero-order valence-electron chi connectivity index (χ0n) is 14.1. The van der Waals surface area contributed by atoms with E-state index >= 15 is 0 Å². The number of nitriles is 1. The van der Waals surface area contributed by atoms with Crippen molar-refractivity contribution in [2.75, 3.05) is 31.1 Å². The number of amides is 3. The highest BCUT2D eigenvalue weighted by Gasteiger charge is 2.48. The molecule has 7 heteroatoms. The van der Waals surface area contributed by atoms with E-state index in [0.29, 0.717) is 31.6 Å². The highest BCUT2D eigenvalue weighted by Crippen LogP contribution is 2.41. The van der Waals surface area contributed by atoms with Gasteiger partial charge in [0.1, 0.15) is 0 Å². The number of anilines is 1. The molecule has 3 rings (SSSR count). The third-order valence-corrected chi connectivity index (χ3v) is 4.91. The molecular formula is C18H20N4O3. The third kappa shape index (κ3) is 3.48. The first-order chi connectivity index (χ1) is 11.9. The van der Waals surface area contributed by atoms with Gasteiger partial charge < -0.3 is 15.1 Å². The summed E-state index contributed by atoms with van der Waals surface area (Å²) >= 11 is 0. The molecule has 1 spiro atoms. The predicted molar refractivity (Wildman–Crippen MR) is 90.4 cm³/mol. The van der Waals surface area contributed by atoms with Crippen molar-refractivity contribution < 1.29 is 14.4 Å². The summed E-state index contributed by atoms with van der Waals surface area (Å²) in [4.78, 5) is 39.1. The van der Waals surface area contributed by atoms with Crippen molar-refractivity contribution in [2.45, 2.75) is 19.8 Å². The summed E-state index contributed by atoms with van der Waals surface area (Å²) in [6, 6.07) is 9.03. The van der Waals surface area contributed by atoms with E-state index < -0.39 is 0 Å². The molecule has 0 saturated carbocycles. The van der Waals surface area contributed by atoms with Gasteiger partial charge in [0.05, 0.1) is 18.2 Å². The van der Waals surface area contributed by atoms with Crippen LogP contribution in [0, 0.1) is 16.7 Å². The Bertz CT molecular complexity index is 753. The molecule has 2 heterocycles. The van der Waals surface area contributed by atoms with E-state index in [4.69, 9.17) is 5.26 Å². The van der Waals surface area contributed by atoms with Gasteiger partial charge >= 0.3 is 0 Å². The summed E-state index contributed by atoms with van der Waals surface area (Å²) in [5.41, 5.74) is 1.11. The molecule has 0 aliphatic carbocycles. The zero-order valence-corrected chi connectivity index (χ0v) is 14.1. The van der Waals surface area contributed by atoms with Crippen molar-refractivity contribution in [2.24, 2.45) is 5.41 Å². The van der Waals surface area contributed by atoms with Crippen LogP contribution in [0.2, 0.25) is 0 Å². The average Bonchev–Trinajstić information content (AvgIpc) is 3.16. The first-order valence-electron chi connectivity index (χ1n) is 8.25. The van der Waals surface area contributed by atoms with Gasteiger partial charge in [0.25, 0.3) is 0 Å². The van der Waals surface area contributed by atoms with Crippen LogP contribution in [-0.4, -0.2) is 48.8 Å². The Morgan fingerprint density at radius 3 is 2.64 bits per heavy atom. The van der Waals surface area contributed by atoms with Crippen LogP contribution in [-0.2, 0) is 14.4 Å². The van der Waals surface area contributed by atoms with E-state index in [1.165, 1.54) is 6.92 Å². The number of hydrogen-bond acceptors (Lipinski definition) is 4.